The third-order valence-corrected chi connectivity index (χ3v) is 3.09. The average Bonchev–Trinajstić information content (AvgIpc) is 2.44. The standard InChI is InChI=1S/C17H24O2/c1-3-4-5-6-7-8-9-15-10-12-16(13-11-15)14-17(18)19-2/h8-13H,3-7,14H2,1-2H3/b9-8+. The number of esters is 1. The lowest BCUT2D eigenvalue weighted by atomic mass is 10.1. The fourth-order valence-electron chi connectivity index (χ4n) is 1.89. The molecule has 0 aliphatic rings. The first-order valence-corrected chi connectivity index (χ1v) is 7.08. The van der Waals surface area contributed by atoms with E-state index in [1.165, 1.54) is 38.4 Å². The summed E-state index contributed by atoms with van der Waals surface area (Å²) in [5.74, 6) is -0.195. The van der Waals surface area contributed by atoms with Crippen LogP contribution in [0.3, 0.4) is 0 Å². The van der Waals surface area contributed by atoms with Crippen LogP contribution in [0.25, 0.3) is 6.08 Å². The molecule has 1 aromatic carbocycles. The molecule has 0 aliphatic carbocycles. The van der Waals surface area contributed by atoms with Gasteiger partial charge in [0.2, 0.25) is 0 Å². The minimum Gasteiger partial charge on any atom is -0.469 e. The molecule has 0 aliphatic heterocycles. The van der Waals surface area contributed by atoms with Gasteiger partial charge < -0.3 is 4.74 Å². The van der Waals surface area contributed by atoms with Gasteiger partial charge in [-0.15, -0.1) is 0 Å². The van der Waals surface area contributed by atoms with Crippen LogP contribution in [0.15, 0.2) is 30.3 Å². The molecule has 0 N–H and O–H groups in total. The van der Waals surface area contributed by atoms with Crippen LogP contribution in [0, 0.1) is 0 Å². The highest BCUT2D eigenvalue weighted by Gasteiger charge is 2.01. The van der Waals surface area contributed by atoms with Crippen molar-refractivity contribution in [1.29, 1.82) is 0 Å². The fraction of sp³-hybridized carbons (Fsp3) is 0.471. The summed E-state index contributed by atoms with van der Waals surface area (Å²) in [5.41, 5.74) is 2.18. The number of unbranched alkanes of at least 4 members (excludes halogenated alkanes) is 4. The lowest BCUT2D eigenvalue weighted by molar-refractivity contribution is -0.139. The first-order chi connectivity index (χ1) is 9.26. The van der Waals surface area contributed by atoms with Gasteiger partial charge in [-0.3, -0.25) is 4.79 Å². The van der Waals surface area contributed by atoms with Crippen molar-refractivity contribution in [3.63, 3.8) is 0 Å². The van der Waals surface area contributed by atoms with Crippen LogP contribution in [-0.2, 0) is 16.0 Å². The highest BCUT2D eigenvalue weighted by molar-refractivity contribution is 5.72. The van der Waals surface area contributed by atoms with E-state index >= 15 is 0 Å². The number of benzene rings is 1. The Labute approximate surface area is 116 Å². The summed E-state index contributed by atoms with van der Waals surface area (Å²) in [6, 6.07) is 8.04. The second-order valence-electron chi connectivity index (χ2n) is 4.75. The average molecular weight is 260 g/mol. The Morgan fingerprint density at radius 1 is 1.16 bits per heavy atom. The molecule has 0 aromatic heterocycles. The lowest BCUT2D eigenvalue weighted by Gasteiger charge is -2.00. The van der Waals surface area contributed by atoms with Gasteiger partial charge >= 0.3 is 5.97 Å². The monoisotopic (exact) mass is 260 g/mol. The van der Waals surface area contributed by atoms with Gasteiger partial charge in [0.15, 0.2) is 0 Å². The van der Waals surface area contributed by atoms with Crippen LogP contribution >= 0.6 is 0 Å². The van der Waals surface area contributed by atoms with Crippen molar-refractivity contribution < 1.29 is 9.53 Å². The van der Waals surface area contributed by atoms with Crippen molar-refractivity contribution in [1.82, 2.24) is 0 Å². The Morgan fingerprint density at radius 3 is 2.53 bits per heavy atom. The molecule has 0 saturated carbocycles. The molecule has 19 heavy (non-hydrogen) atoms. The van der Waals surface area contributed by atoms with Gasteiger partial charge in [0.1, 0.15) is 0 Å². The molecule has 0 unspecified atom stereocenters. The van der Waals surface area contributed by atoms with E-state index in [1.54, 1.807) is 0 Å². The maximum atomic E-state index is 11.1. The molecule has 0 fully saturated rings. The van der Waals surface area contributed by atoms with Gasteiger partial charge in [-0.1, -0.05) is 62.6 Å². The van der Waals surface area contributed by atoms with E-state index in [0.29, 0.717) is 6.42 Å². The maximum absolute atomic E-state index is 11.1. The van der Waals surface area contributed by atoms with Gasteiger partial charge in [-0.05, 0) is 24.0 Å². The molecule has 104 valence electrons. The topological polar surface area (TPSA) is 26.3 Å². The normalized spacial score (nSPS) is 10.8. The predicted octanol–water partition coefficient (Wildman–Crippen LogP) is 4.39. The summed E-state index contributed by atoms with van der Waals surface area (Å²) in [7, 11) is 1.41. The molecule has 0 radical (unpaired) electrons. The van der Waals surface area contributed by atoms with E-state index in [1.807, 2.05) is 24.3 Å². The number of methoxy groups -OCH3 is 1. The Balaban J connectivity index is 2.35. The van der Waals surface area contributed by atoms with Crippen molar-refractivity contribution in [2.24, 2.45) is 0 Å². The van der Waals surface area contributed by atoms with Crippen molar-refractivity contribution in [3.8, 4) is 0 Å². The van der Waals surface area contributed by atoms with Crippen LogP contribution in [0.4, 0.5) is 0 Å². The third-order valence-electron chi connectivity index (χ3n) is 3.09. The maximum Gasteiger partial charge on any atom is 0.309 e. The molecule has 0 heterocycles. The predicted molar refractivity (Wildman–Crippen MR) is 80.0 cm³/mol. The second kappa shape index (κ2) is 9.37. The van der Waals surface area contributed by atoms with Crippen LogP contribution in [-0.4, -0.2) is 13.1 Å². The van der Waals surface area contributed by atoms with Gasteiger partial charge in [0.25, 0.3) is 0 Å². The van der Waals surface area contributed by atoms with Crippen molar-refractivity contribution in [3.05, 3.63) is 41.5 Å². The molecular weight excluding hydrogens is 236 g/mol. The van der Waals surface area contributed by atoms with Crippen LogP contribution in [0.2, 0.25) is 0 Å². The zero-order valence-electron chi connectivity index (χ0n) is 12.0. The first kappa shape index (κ1) is 15.5. The van der Waals surface area contributed by atoms with Crippen LogP contribution in [0.5, 0.6) is 0 Å². The molecule has 1 aromatic rings. The number of hydrogen-bond donors (Lipinski definition) is 0. The number of hydrogen-bond acceptors (Lipinski definition) is 2. The summed E-state index contributed by atoms with van der Waals surface area (Å²) < 4.78 is 4.64. The van der Waals surface area contributed by atoms with Crippen LogP contribution < -0.4 is 0 Å². The van der Waals surface area contributed by atoms with Crippen LogP contribution in [0.1, 0.15) is 50.2 Å². The number of ether oxygens (including phenoxy) is 1. The zero-order chi connectivity index (χ0) is 13.9. The van der Waals surface area contributed by atoms with Gasteiger partial charge in [-0.2, -0.15) is 0 Å². The molecular formula is C17H24O2. The number of rotatable bonds is 8. The number of carbonyl (C=O) groups excluding carboxylic acids is 1. The summed E-state index contributed by atoms with van der Waals surface area (Å²) in [6.45, 7) is 2.23. The van der Waals surface area contributed by atoms with E-state index in [0.717, 1.165) is 12.0 Å². The third kappa shape index (κ3) is 6.80. The smallest absolute Gasteiger partial charge is 0.309 e. The summed E-state index contributed by atoms with van der Waals surface area (Å²) in [4.78, 5) is 11.1. The highest BCUT2D eigenvalue weighted by atomic mass is 16.5. The molecule has 1 rings (SSSR count). The molecule has 0 spiro atoms. The van der Waals surface area contributed by atoms with E-state index in [4.69, 9.17) is 0 Å². The highest BCUT2D eigenvalue weighted by Crippen LogP contribution is 2.09. The van der Waals surface area contributed by atoms with Gasteiger partial charge in [0.05, 0.1) is 13.5 Å². The van der Waals surface area contributed by atoms with Crippen molar-refractivity contribution in [2.75, 3.05) is 7.11 Å². The minimum absolute atomic E-state index is 0.195. The minimum atomic E-state index is -0.195. The largest absolute Gasteiger partial charge is 0.469 e. The summed E-state index contributed by atoms with van der Waals surface area (Å²) in [6.07, 6.45) is 11.1. The first-order valence-electron chi connectivity index (χ1n) is 7.08. The van der Waals surface area contributed by atoms with E-state index < -0.39 is 0 Å². The van der Waals surface area contributed by atoms with E-state index in [2.05, 4.69) is 23.8 Å². The quantitative estimate of drug-likeness (QED) is 0.512. The molecule has 0 amide bonds. The molecule has 0 saturated heterocycles. The van der Waals surface area contributed by atoms with Crippen molar-refractivity contribution >= 4 is 12.0 Å². The molecule has 0 bridgehead atoms. The van der Waals surface area contributed by atoms with E-state index in [-0.39, 0.29) is 5.97 Å². The zero-order valence-corrected chi connectivity index (χ0v) is 12.0. The SMILES string of the molecule is CCCCCC/C=C/c1ccc(CC(=O)OC)cc1. The molecule has 0 atom stereocenters. The number of carbonyl (C=O) groups is 1. The fourth-order valence-corrected chi connectivity index (χ4v) is 1.89. The Hall–Kier alpha value is -1.57. The second-order valence-corrected chi connectivity index (χ2v) is 4.75. The lowest BCUT2D eigenvalue weighted by Crippen LogP contribution is -2.03. The summed E-state index contributed by atoms with van der Waals surface area (Å²) in [5, 5.41) is 0. The molecule has 2 nitrogen and oxygen atoms in total. The van der Waals surface area contributed by atoms with Gasteiger partial charge in [0, 0.05) is 0 Å². The van der Waals surface area contributed by atoms with Gasteiger partial charge in [-0.25, -0.2) is 0 Å². The molecule has 2 heteroatoms. The Morgan fingerprint density at radius 2 is 1.89 bits per heavy atom. The van der Waals surface area contributed by atoms with E-state index in [9.17, 15) is 4.79 Å². The Bertz CT molecular complexity index is 390. The number of allylic oxidation sites excluding steroid dienone is 1. The Kier molecular flexibility index (Phi) is 7.64. The van der Waals surface area contributed by atoms with Crippen molar-refractivity contribution in [2.45, 2.75) is 45.4 Å². The summed E-state index contributed by atoms with van der Waals surface area (Å²) >= 11 is 0.